The van der Waals surface area contributed by atoms with E-state index in [0.717, 1.165) is 5.56 Å². The Bertz CT molecular complexity index is 472. The SMILES string of the molecule is Cc1ccsc1C(=O)N[C@H]1C[C@@H](C(=O)O)N(C)C1. The molecule has 1 aromatic heterocycles. The smallest absolute Gasteiger partial charge is 0.320 e. The van der Waals surface area contributed by atoms with E-state index in [1.54, 1.807) is 11.9 Å². The largest absolute Gasteiger partial charge is 0.480 e. The first-order valence-corrected chi connectivity index (χ1v) is 6.65. The maximum absolute atomic E-state index is 12.0. The monoisotopic (exact) mass is 268 g/mol. The molecule has 1 amide bonds. The number of nitrogens with zero attached hydrogens (tertiary/aromatic N) is 1. The topological polar surface area (TPSA) is 69.6 Å². The fraction of sp³-hybridized carbons (Fsp3) is 0.500. The number of amides is 1. The number of rotatable bonds is 3. The van der Waals surface area contributed by atoms with Gasteiger partial charge >= 0.3 is 5.97 Å². The summed E-state index contributed by atoms with van der Waals surface area (Å²) < 4.78 is 0. The van der Waals surface area contributed by atoms with Crippen molar-refractivity contribution in [3.05, 3.63) is 21.9 Å². The van der Waals surface area contributed by atoms with Crippen molar-refractivity contribution in [3.8, 4) is 0 Å². The normalized spacial score (nSPS) is 24.1. The van der Waals surface area contributed by atoms with Gasteiger partial charge < -0.3 is 10.4 Å². The lowest BCUT2D eigenvalue weighted by Crippen LogP contribution is -2.36. The lowest BCUT2D eigenvalue weighted by molar-refractivity contribution is -0.141. The maximum atomic E-state index is 12.0. The highest BCUT2D eigenvalue weighted by molar-refractivity contribution is 7.12. The van der Waals surface area contributed by atoms with Gasteiger partial charge in [-0.15, -0.1) is 11.3 Å². The van der Waals surface area contributed by atoms with Crippen molar-refractivity contribution >= 4 is 23.2 Å². The molecule has 2 rings (SSSR count). The minimum absolute atomic E-state index is 0.0925. The first-order valence-electron chi connectivity index (χ1n) is 5.77. The zero-order valence-electron chi connectivity index (χ0n) is 10.3. The summed E-state index contributed by atoms with van der Waals surface area (Å²) in [5.74, 6) is -0.937. The molecule has 1 aromatic rings. The molecule has 1 aliphatic heterocycles. The Kier molecular flexibility index (Phi) is 3.68. The molecule has 1 saturated heterocycles. The Labute approximate surface area is 109 Å². The maximum Gasteiger partial charge on any atom is 0.320 e. The molecule has 2 atom stereocenters. The second kappa shape index (κ2) is 5.07. The van der Waals surface area contributed by atoms with Crippen LogP contribution in [0.5, 0.6) is 0 Å². The number of hydrogen-bond donors (Lipinski definition) is 2. The summed E-state index contributed by atoms with van der Waals surface area (Å²) in [7, 11) is 1.77. The summed E-state index contributed by atoms with van der Waals surface area (Å²) >= 11 is 1.41. The van der Waals surface area contributed by atoms with Crippen LogP contribution in [0.15, 0.2) is 11.4 Å². The Balaban J connectivity index is 1.98. The van der Waals surface area contributed by atoms with Crippen molar-refractivity contribution in [1.82, 2.24) is 10.2 Å². The molecular formula is C12H16N2O3S. The van der Waals surface area contributed by atoms with Gasteiger partial charge in [0.2, 0.25) is 0 Å². The molecule has 18 heavy (non-hydrogen) atoms. The van der Waals surface area contributed by atoms with E-state index in [1.807, 2.05) is 18.4 Å². The molecule has 0 bridgehead atoms. The van der Waals surface area contributed by atoms with Gasteiger partial charge in [-0.25, -0.2) is 0 Å². The Morgan fingerprint density at radius 1 is 1.56 bits per heavy atom. The summed E-state index contributed by atoms with van der Waals surface area (Å²) in [6, 6.07) is 1.31. The molecule has 0 unspecified atom stereocenters. The van der Waals surface area contributed by atoms with E-state index in [4.69, 9.17) is 5.11 Å². The highest BCUT2D eigenvalue weighted by Crippen LogP contribution is 2.19. The van der Waals surface area contributed by atoms with Crippen molar-refractivity contribution in [1.29, 1.82) is 0 Å². The van der Waals surface area contributed by atoms with Gasteiger partial charge in [-0.2, -0.15) is 0 Å². The molecule has 2 N–H and O–H groups in total. The van der Waals surface area contributed by atoms with Gasteiger partial charge in [-0.05, 0) is 37.4 Å². The number of likely N-dealkylation sites (N-methyl/N-ethyl adjacent to an activating group) is 1. The number of aryl methyl sites for hydroxylation is 1. The minimum Gasteiger partial charge on any atom is -0.480 e. The van der Waals surface area contributed by atoms with Crippen LogP contribution in [0.4, 0.5) is 0 Å². The van der Waals surface area contributed by atoms with Crippen LogP contribution in [0.2, 0.25) is 0 Å². The number of likely N-dealkylation sites (tertiary alicyclic amines) is 1. The lowest BCUT2D eigenvalue weighted by atomic mass is 10.1. The van der Waals surface area contributed by atoms with Gasteiger partial charge in [0.05, 0.1) is 4.88 Å². The van der Waals surface area contributed by atoms with Crippen LogP contribution < -0.4 is 5.32 Å². The van der Waals surface area contributed by atoms with E-state index in [0.29, 0.717) is 17.8 Å². The van der Waals surface area contributed by atoms with Gasteiger partial charge in [0, 0.05) is 12.6 Å². The average Bonchev–Trinajstić information content (AvgIpc) is 2.84. The molecule has 1 fully saturated rings. The van der Waals surface area contributed by atoms with E-state index in [-0.39, 0.29) is 11.9 Å². The molecular weight excluding hydrogens is 252 g/mol. The molecule has 0 aromatic carbocycles. The van der Waals surface area contributed by atoms with Gasteiger partial charge in [0.15, 0.2) is 0 Å². The third-order valence-electron chi connectivity index (χ3n) is 3.24. The van der Waals surface area contributed by atoms with E-state index >= 15 is 0 Å². The van der Waals surface area contributed by atoms with Gasteiger partial charge in [0.25, 0.3) is 5.91 Å². The Morgan fingerprint density at radius 2 is 2.28 bits per heavy atom. The van der Waals surface area contributed by atoms with Crippen molar-refractivity contribution in [3.63, 3.8) is 0 Å². The third-order valence-corrected chi connectivity index (χ3v) is 4.25. The van der Waals surface area contributed by atoms with E-state index in [9.17, 15) is 9.59 Å². The van der Waals surface area contributed by atoms with Crippen molar-refractivity contribution in [2.24, 2.45) is 0 Å². The van der Waals surface area contributed by atoms with Crippen LogP contribution in [0.3, 0.4) is 0 Å². The summed E-state index contributed by atoms with van der Waals surface area (Å²) in [4.78, 5) is 25.4. The van der Waals surface area contributed by atoms with Crippen LogP contribution >= 0.6 is 11.3 Å². The molecule has 2 heterocycles. The van der Waals surface area contributed by atoms with E-state index in [1.165, 1.54) is 11.3 Å². The van der Waals surface area contributed by atoms with Crippen LogP contribution in [-0.2, 0) is 4.79 Å². The number of carbonyl (C=O) groups is 2. The first kappa shape index (κ1) is 13.0. The highest BCUT2D eigenvalue weighted by atomic mass is 32.1. The molecule has 6 heteroatoms. The third kappa shape index (κ3) is 2.54. The zero-order chi connectivity index (χ0) is 13.3. The second-order valence-corrected chi connectivity index (χ2v) is 5.55. The molecule has 0 aliphatic carbocycles. The molecule has 0 radical (unpaired) electrons. The van der Waals surface area contributed by atoms with Crippen molar-refractivity contribution < 1.29 is 14.7 Å². The van der Waals surface area contributed by atoms with Crippen LogP contribution in [0.1, 0.15) is 21.7 Å². The first-order chi connectivity index (χ1) is 8.49. The summed E-state index contributed by atoms with van der Waals surface area (Å²) in [5.41, 5.74) is 0.957. The van der Waals surface area contributed by atoms with E-state index < -0.39 is 12.0 Å². The predicted octanol–water partition coefficient (Wildman–Crippen LogP) is 0.944. The van der Waals surface area contributed by atoms with E-state index in [2.05, 4.69) is 5.32 Å². The number of nitrogens with one attached hydrogen (secondary N) is 1. The van der Waals surface area contributed by atoms with Crippen molar-refractivity contribution in [2.75, 3.05) is 13.6 Å². The summed E-state index contributed by atoms with van der Waals surface area (Å²) in [6.07, 6.45) is 0.460. The molecule has 0 saturated carbocycles. The van der Waals surface area contributed by atoms with Gasteiger partial charge in [0.1, 0.15) is 6.04 Å². The number of carboxylic acids is 1. The number of aliphatic carboxylic acids is 1. The fourth-order valence-corrected chi connectivity index (χ4v) is 3.08. The standard InChI is InChI=1S/C12H16N2O3S/c1-7-3-4-18-10(7)11(15)13-8-5-9(12(16)17)14(2)6-8/h3-4,8-9H,5-6H2,1-2H3,(H,13,15)(H,16,17)/t8-,9-/m0/s1. The van der Waals surface area contributed by atoms with Gasteiger partial charge in [-0.3, -0.25) is 14.5 Å². The minimum atomic E-state index is -0.832. The van der Waals surface area contributed by atoms with Gasteiger partial charge in [-0.1, -0.05) is 0 Å². The quantitative estimate of drug-likeness (QED) is 0.856. The fourth-order valence-electron chi connectivity index (χ4n) is 2.25. The Morgan fingerprint density at radius 3 is 2.78 bits per heavy atom. The summed E-state index contributed by atoms with van der Waals surface area (Å²) in [5, 5.41) is 13.8. The average molecular weight is 268 g/mol. The lowest BCUT2D eigenvalue weighted by Gasteiger charge is -2.13. The number of carbonyl (C=O) groups excluding carboxylic acids is 1. The van der Waals surface area contributed by atoms with Crippen LogP contribution in [0, 0.1) is 6.92 Å². The number of hydrogen-bond acceptors (Lipinski definition) is 4. The summed E-state index contributed by atoms with van der Waals surface area (Å²) in [6.45, 7) is 2.47. The number of thiophene rings is 1. The van der Waals surface area contributed by atoms with Crippen molar-refractivity contribution in [2.45, 2.75) is 25.4 Å². The second-order valence-electron chi connectivity index (χ2n) is 4.63. The number of carboxylic acid groups (broad SMARTS) is 1. The zero-order valence-corrected chi connectivity index (χ0v) is 11.2. The van der Waals surface area contributed by atoms with Crippen LogP contribution in [-0.4, -0.2) is 47.6 Å². The Hall–Kier alpha value is -1.40. The van der Waals surface area contributed by atoms with Crippen LogP contribution in [0.25, 0.3) is 0 Å². The molecule has 5 nitrogen and oxygen atoms in total. The predicted molar refractivity (Wildman–Crippen MR) is 69.0 cm³/mol. The highest BCUT2D eigenvalue weighted by Gasteiger charge is 2.35. The molecule has 0 spiro atoms. The molecule has 1 aliphatic rings. The molecule has 98 valence electrons.